The fraction of sp³-hybridized carbons (Fsp3) is 0.500. The van der Waals surface area contributed by atoms with E-state index in [1.165, 1.54) is 48.1 Å². The fourth-order valence-electron chi connectivity index (χ4n) is 5.76. The Kier molecular flexibility index (Phi) is 15.0. The molecule has 0 bridgehead atoms. The molecule has 0 aliphatic carbocycles. The average Bonchev–Trinajstić information content (AvgIpc) is 2.92. The smallest absolute Gasteiger partial charge is 0.0671 e. The summed E-state index contributed by atoms with van der Waals surface area (Å²) in [5.41, 5.74) is 6.16. The Labute approximate surface area is 251 Å². The molecule has 1 N–H and O–H groups in total. The average molecular weight is 564 g/mol. The monoisotopic (exact) mass is 563 g/mol. The van der Waals surface area contributed by atoms with Crippen LogP contribution in [0.4, 0.5) is 5.69 Å². The second-order valence-corrected chi connectivity index (χ2v) is 12.1. The molecule has 1 aliphatic heterocycles. The van der Waals surface area contributed by atoms with Crippen molar-refractivity contribution in [3.63, 3.8) is 0 Å². The largest absolute Gasteiger partial charge is 0.386 e. The van der Waals surface area contributed by atoms with Crippen molar-refractivity contribution < 1.29 is 0 Å². The number of rotatable bonds is 18. The summed E-state index contributed by atoms with van der Waals surface area (Å²) in [4.78, 5) is 4.38. The summed E-state index contributed by atoms with van der Waals surface area (Å²) in [7, 11) is 4.10. The number of anilines is 1. The van der Waals surface area contributed by atoms with E-state index in [1.54, 1.807) is 0 Å². The number of nitrogens with zero attached hydrogens (tertiary/aromatic N) is 2. The minimum atomic E-state index is 0.458. The molecule has 1 aliphatic rings. The number of halogens is 1. The van der Waals surface area contributed by atoms with Gasteiger partial charge < -0.3 is 15.1 Å². The van der Waals surface area contributed by atoms with E-state index >= 15 is 0 Å². The predicted octanol–water partition coefficient (Wildman–Crippen LogP) is 9.28. The summed E-state index contributed by atoms with van der Waals surface area (Å²) in [6.07, 6.45) is 22.6. The number of allylic oxidation sites excluding steroid dienone is 5. The molecule has 0 aromatic heterocycles. The molecule has 1 saturated heterocycles. The van der Waals surface area contributed by atoms with Gasteiger partial charge in [0, 0.05) is 38.9 Å². The van der Waals surface area contributed by atoms with Crippen LogP contribution in [0, 0.1) is 11.8 Å². The quantitative estimate of drug-likeness (QED) is 0.142. The van der Waals surface area contributed by atoms with Crippen molar-refractivity contribution in [3.05, 3.63) is 102 Å². The normalized spacial score (nSPS) is 18.3. The molecule has 4 heteroatoms. The van der Waals surface area contributed by atoms with Crippen LogP contribution in [0.3, 0.4) is 0 Å². The fourth-order valence-corrected chi connectivity index (χ4v) is 6.17. The molecule has 0 saturated carbocycles. The van der Waals surface area contributed by atoms with Gasteiger partial charge in [0.1, 0.15) is 0 Å². The molecule has 1 aromatic carbocycles. The molecule has 3 nitrogen and oxygen atoms in total. The third-order valence-corrected chi connectivity index (χ3v) is 8.35. The van der Waals surface area contributed by atoms with Crippen molar-refractivity contribution >= 4 is 17.3 Å². The summed E-state index contributed by atoms with van der Waals surface area (Å²) in [5.74, 6) is 1.34. The number of hydrogen-bond donors (Lipinski definition) is 1. The summed E-state index contributed by atoms with van der Waals surface area (Å²) < 4.78 is 0. The van der Waals surface area contributed by atoms with Crippen molar-refractivity contribution in [3.8, 4) is 0 Å². The third kappa shape index (κ3) is 11.5. The summed E-state index contributed by atoms with van der Waals surface area (Å²) in [6.45, 7) is 22.4. The van der Waals surface area contributed by atoms with Gasteiger partial charge in [-0.3, -0.25) is 0 Å². The zero-order chi connectivity index (χ0) is 29.5. The Morgan fingerprint density at radius 2 is 1.95 bits per heavy atom. The van der Waals surface area contributed by atoms with Crippen molar-refractivity contribution in [1.29, 1.82) is 0 Å². The van der Waals surface area contributed by atoms with Crippen LogP contribution in [0.1, 0.15) is 69.9 Å². The first-order valence-corrected chi connectivity index (χ1v) is 15.4. The molecule has 220 valence electrons. The summed E-state index contributed by atoms with van der Waals surface area (Å²) in [6, 6.07) is 4.93. The number of hydrogen-bond acceptors (Lipinski definition) is 3. The topological polar surface area (TPSA) is 18.5 Å². The van der Waals surface area contributed by atoms with E-state index in [9.17, 15) is 0 Å². The maximum atomic E-state index is 6.61. The molecule has 0 radical (unpaired) electrons. The highest BCUT2D eigenvalue weighted by Gasteiger charge is 2.24. The molecule has 1 aromatic rings. The van der Waals surface area contributed by atoms with E-state index in [1.807, 2.05) is 18.4 Å². The van der Waals surface area contributed by atoms with Crippen LogP contribution in [0.15, 0.2) is 86.3 Å². The van der Waals surface area contributed by atoms with E-state index in [0.29, 0.717) is 17.9 Å². The van der Waals surface area contributed by atoms with Gasteiger partial charge in [0.05, 0.1) is 10.7 Å². The number of piperidine rings is 1. The SMILES string of the molecule is C=CCCC(CCC1CC(=C)NC(C/C=C/C=C(\C)Cc2cc(CC)c(Cl)c(N(C)C)c2)C1)CN(C=C)CC=C. The highest BCUT2D eigenvalue weighted by molar-refractivity contribution is 6.34. The summed E-state index contributed by atoms with van der Waals surface area (Å²) >= 11 is 6.61. The minimum Gasteiger partial charge on any atom is -0.386 e. The van der Waals surface area contributed by atoms with Crippen molar-refractivity contribution in [2.75, 3.05) is 32.1 Å². The van der Waals surface area contributed by atoms with Gasteiger partial charge in [-0.25, -0.2) is 0 Å². The van der Waals surface area contributed by atoms with Gasteiger partial charge >= 0.3 is 0 Å². The predicted molar refractivity (Wildman–Crippen MR) is 179 cm³/mol. The first-order chi connectivity index (χ1) is 19.2. The maximum Gasteiger partial charge on any atom is 0.0671 e. The Morgan fingerprint density at radius 1 is 1.18 bits per heavy atom. The van der Waals surface area contributed by atoms with E-state index in [0.717, 1.165) is 55.9 Å². The number of nitrogens with one attached hydrogen (secondary N) is 1. The first-order valence-electron chi connectivity index (χ1n) is 15.0. The van der Waals surface area contributed by atoms with Crippen molar-refractivity contribution in [1.82, 2.24) is 10.2 Å². The minimum absolute atomic E-state index is 0.458. The van der Waals surface area contributed by atoms with Crippen molar-refractivity contribution in [2.24, 2.45) is 11.8 Å². The van der Waals surface area contributed by atoms with Gasteiger partial charge in [-0.05, 0) is 99.9 Å². The number of aryl methyl sites for hydroxylation is 1. The molecule has 2 rings (SSSR count). The maximum absolute atomic E-state index is 6.61. The molecule has 40 heavy (non-hydrogen) atoms. The van der Waals surface area contributed by atoms with E-state index < -0.39 is 0 Å². The van der Waals surface area contributed by atoms with Gasteiger partial charge in [0.2, 0.25) is 0 Å². The zero-order valence-corrected chi connectivity index (χ0v) is 26.5. The molecule has 1 fully saturated rings. The van der Waals surface area contributed by atoms with E-state index in [2.05, 4.69) is 99.7 Å². The van der Waals surface area contributed by atoms with Gasteiger partial charge in [0.25, 0.3) is 0 Å². The van der Waals surface area contributed by atoms with Crippen LogP contribution < -0.4 is 10.2 Å². The lowest BCUT2D eigenvalue weighted by Crippen LogP contribution is -2.36. The van der Waals surface area contributed by atoms with Crippen LogP contribution >= 0.6 is 11.6 Å². The first kappa shape index (κ1) is 33.6. The van der Waals surface area contributed by atoms with Crippen LogP contribution in [0.5, 0.6) is 0 Å². The highest BCUT2D eigenvalue weighted by atomic mass is 35.5. The lowest BCUT2D eigenvalue weighted by Gasteiger charge is -2.33. The summed E-state index contributed by atoms with van der Waals surface area (Å²) in [5, 5.41) is 4.53. The zero-order valence-electron chi connectivity index (χ0n) is 25.7. The highest BCUT2D eigenvalue weighted by Crippen LogP contribution is 2.32. The second kappa shape index (κ2) is 17.9. The molecule has 0 spiro atoms. The van der Waals surface area contributed by atoms with Gasteiger partial charge in [-0.2, -0.15) is 0 Å². The number of benzene rings is 1. The van der Waals surface area contributed by atoms with Crippen molar-refractivity contribution in [2.45, 2.75) is 77.7 Å². The van der Waals surface area contributed by atoms with Crippen LogP contribution in [0.2, 0.25) is 5.02 Å². The Morgan fingerprint density at radius 3 is 2.60 bits per heavy atom. The van der Waals surface area contributed by atoms with Gasteiger partial charge in [0.15, 0.2) is 0 Å². The molecule has 3 atom stereocenters. The molecule has 0 amide bonds. The van der Waals surface area contributed by atoms with Gasteiger partial charge in [-0.1, -0.05) is 73.7 Å². The molecular weight excluding hydrogens is 510 g/mol. The van der Waals surface area contributed by atoms with Crippen LogP contribution in [0.25, 0.3) is 0 Å². The molecular formula is C36H54ClN3. The second-order valence-electron chi connectivity index (χ2n) is 11.7. The van der Waals surface area contributed by atoms with Crippen LogP contribution in [-0.2, 0) is 12.8 Å². The Balaban J connectivity index is 1.92. The lowest BCUT2D eigenvalue weighted by molar-refractivity contribution is 0.261. The Hall–Kier alpha value is -2.65. The lowest BCUT2D eigenvalue weighted by atomic mass is 9.83. The van der Waals surface area contributed by atoms with E-state index in [4.69, 9.17) is 11.6 Å². The molecule has 1 heterocycles. The Bertz CT molecular complexity index is 1030. The third-order valence-electron chi connectivity index (χ3n) is 7.91. The van der Waals surface area contributed by atoms with Crippen LogP contribution in [-0.4, -0.2) is 38.1 Å². The standard InChI is InChI=1S/C36H54ClN3/c1-9-13-17-30(27-40(12-4)21-10-2)19-20-31-23-29(6)38-34(25-31)18-15-14-16-28(5)22-32-24-33(11-3)36(37)35(26-32)39(7)8/h9-10,12,14-16,24,26,30-31,34,38H,1-2,4,6,11,13,17-23,25,27H2,3,5,7-8H3/b15-14+,28-16+. The van der Waals surface area contributed by atoms with Gasteiger partial charge in [-0.15, -0.1) is 13.2 Å². The van der Waals surface area contributed by atoms with E-state index in [-0.39, 0.29) is 0 Å². The molecule has 3 unspecified atom stereocenters.